The highest BCUT2D eigenvalue weighted by Gasteiger charge is 2.43. The Kier molecular flexibility index (Phi) is 3.53. The van der Waals surface area contributed by atoms with Crippen LogP contribution >= 0.6 is 0 Å². The molecule has 3 heteroatoms. The first-order valence-corrected chi connectivity index (χ1v) is 6.65. The Morgan fingerprint density at radius 3 is 2.69 bits per heavy atom. The van der Waals surface area contributed by atoms with Crippen LogP contribution in [-0.2, 0) is 4.79 Å². The van der Waals surface area contributed by atoms with E-state index in [4.69, 9.17) is 0 Å². The first-order valence-electron chi connectivity index (χ1n) is 6.65. The van der Waals surface area contributed by atoms with Gasteiger partial charge in [0.1, 0.15) is 0 Å². The summed E-state index contributed by atoms with van der Waals surface area (Å²) in [4.78, 5) is 13.8. The molecule has 0 aromatic rings. The third-order valence-corrected chi connectivity index (χ3v) is 4.50. The van der Waals surface area contributed by atoms with E-state index < -0.39 is 5.97 Å². The Labute approximate surface area is 97.8 Å². The van der Waals surface area contributed by atoms with Gasteiger partial charge in [0.25, 0.3) is 0 Å². The molecule has 0 radical (unpaired) electrons. The number of aliphatic carboxylic acids is 1. The second-order valence-electron chi connectivity index (χ2n) is 5.38. The SMILES string of the molecule is CCC1CCC(C)N1C1CCCC1C(=O)O. The van der Waals surface area contributed by atoms with E-state index in [0.29, 0.717) is 18.1 Å². The molecule has 0 bridgehead atoms. The molecule has 2 rings (SSSR count). The number of hydrogen-bond acceptors (Lipinski definition) is 2. The summed E-state index contributed by atoms with van der Waals surface area (Å²) in [6.45, 7) is 4.48. The van der Waals surface area contributed by atoms with Gasteiger partial charge in [-0.05, 0) is 39.0 Å². The predicted molar refractivity (Wildman–Crippen MR) is 63.4 cm³/mol. The van der Waals surface area contributed by atoms with E-state index in [-0.39, 0.29) is 5.92 Å². The smallest absolute Gasteiger partial charge is 0.308 e. The van der Waals surface area contributed by atoms with Crippen LogP contribution in [0.5, 0.6) is 0 Å². The topological polar surface area (TPSA) is 40.5 Å². The van der Waals surface area contributed by atoms with E-state index >= 15 is 0 Å². The molecular formula is C13H23NO2. The number of rotatable bonds is 3. The Morgan fingerprint density at radius 2 is 2.06 bits per heavy atom. The lowest BCUT2D eigenvalue weighted by Crippen LogP contribution is -2.46. The number of likely N-dealkylation sites (tertiary alicyclic amines) is 1. The van der Waals surface area contributed by atoms with Crippen molar-refractivity contribution in [3.63, 3.8) is 0 Å². The zero-order chi connectivity index (χ0) is 11.7. The number of carbonyl (C=O) groups is 1. The molecule has 16 heavy (non-hydrogen) atoms. The van der Waals surface area contributed by atoms with Crippen molar-refractivity contribution >= 4 is 5.97 Å². The van der Waals surface area contributed by atoms with E-state index in [1.165, 1.54) is 12.8 Å². The largest absolute Gasteiger partial charge is 0.481 e. The standard InChI is InChI=1S/C13H23NO2/c1-3-10-8-7-9(2)14(10)12-6-4-5-11(12)13(15)16/h9-12H,3-8H2,1-2H3,(H,15,16). The van der Waals surface area contributed by atoms with Crippen molar-refractivity contribution in [2.24, 2.45) is 5.92 Å². The molecule has 3 nitrogen and oxygen atoms in total. The first-order chi connectivity index (χ1) is 7.65. The van der Waals surface area contributed by atoms with Crippen molar-refractivity contribution in [3.05, 3.63) is 0 Å². The van der Waals surface area contributed by atoms with Crippen molar-refractivity contribution in [1.82, 2.24) is 4.90 Å². The van der Waals surface area contributed by atoms with Gasteiger partial charge in [0.2, 0.25) is 0 Å². The summed E-state index contributed by atoms with van der Waals surface area (Å²) in [6.07, 6.45) is 6.69. The predicted octanol–water partition coefficient (Wildman–Crippen LogP) is 2.50. The van der Waals surface area contributed by atoms with Gasteiger partial charge >= 0.3 is 5.97 Å². The molecule has 4 atom stereocenters. The van der Waals surface area contributed by atoms with Gasteiger partial charge in [-0.15, -0.1) is 0 Å². The van der Waals surface area contributed by atoms with Crippen molar-refractivity contribution < 1.29 is 9.90 Å². The summed E-state index contributed by atoms with van der Waals surface area (Å²) in [5.74, 6) is -0.703. The van der Waals surface area contributed by atoms with Crippen LogP contribution in [0.4, 0.5) is 0 Å². The van der Waals surface area contributed by atoms with Crippen LogP contribution < -0.4 is 0 Å². The maximum atomic E-state index is 11.2. The molecule has 0 aromatic carbocycles. The highest BCUT2D eigenvalue weighted by molar-refractivity contribution is 5.71. The second-order valence-corrected chi connectivity index (χ2v) is 5.38. The van der Waals surface area contributed by atoms with Crippen LogP contribution in [-0.4, -0.2) is 34.1 Å². The van der Waals surface area contributed by atoms with E-state index in [2.05, 4.69) is 18.7 Å². The summed E-state index contributed by atoms with van der Waals surface area (Å²) in [5, 5.41) is 9.26. The van der Waals surface area contributed by atoms with Gasteiger partial charge in [0.05, 0.1) is 5.92 Å². The summed E-state index contributed by atoms with van der Waals surface area (Å²) >= 11 is 0. The molecule has 0 amide bonds. The van der Waals surface area contributed by atoms with Crippen molar-refractivity contribution in [3.8, 4) is 0 Å². The highest BCUT2D eigenvalue weighted by atomic mass is 16.4. The number of nitrogens with zero attached hydrogens (tertiary/aromatic N) is 1. The molecular weight excluding hydrogens is 202 g/mol. The molecule has 1 aliphatic carbocycles. The molecule has 1 N–H and O–H groups in total. The molecule has 0 spiro atoms. The third kappa shape index (κ3) is 1.97. The Morgan fingerprint density at radius 1 is 1.31 bits per heavy atom. The molecule has 4 unspecified atom stereocenters. The minimum absolute atomic E-state index is 0.116. The zero-order valence-corrected chi connectivity index (χ0v) is 10.4. The molecule has 1 saturated heterocycles. The van der Waals surface area contributed by atoms with Crippen LogP contribution in [0.15, 0.2) is 0 Å². The van der Waals surface area contributed by atoms with E-state index in [1.807, 2.05) is 0 Å². The fraction of sp³-hybridized carbons (Fsp3) is 0.923. The number of carboxylic acids is 1. The zero-order valence-electron chi connectivity index (χ0n) is 10.4. The van der Waals surface area contributed by atoms with Crippen LogP contribution in [0.3, 0.4) is 0 Å². The summed E-state index contributed by atoms with van der Waals surface area (Å²) in [5.41, 5.74) is 0. The fourth-order valence-corrected chi connectivity index (χ4v) is 3.69. The number of hydrogen-bond donors (Lipinski definition) is 1. The lowest BCUT2D eigenvalue weighted by molar-refractivity contribution is -0.143. The fourth-order valence-electron chi connectivity index (χ4n) is 3.69. The van der Waals surface area contributed by atoms with Gasteiger partial charge in [-0.3, -0.25) is 9.69 Å². The lowest BCUT2D eigenvalue weighted by Gasteiger charge is -2.36. The highest BCUT2D eigenvalue weighted by Crippen LogP contribution is 2.38. The van der Waals surface area contributed by atoms with Crippen molar-refractivity contribution in [2.75, 3.05) is 0 Å². The maximum absolute atomic E-state index is 11.2. The Balaban J connectivity index is 2.12. The van der Waals surface area contributed by atoms with Gasteiger partial charge in [0.15, 0.2) is 0 Å². The van der Waals surface area contributed by atoms with Gasteiger partial charge in [-0.1, -0.05) is 13.3 Å². The van der Waals surface area contributed by atoms with E-state index in [1.54, 1.807) is 0 Å². The van der Waals surface area contributed by atoms with E-state index in [0.717, 1.165) is 25.7 Å². The van der Waals surface area contributed by atoms with Gasteiger partial charge in [-0.2, -0.15) is 0 Å². The second kappa shape index (κ2) is 4.74. The summed E-state index contributed by atoms with van der Waals surface area (Å²) in [7, 11) is 0. The average molecular weight is 225 g/mol. The minimum Gasteiger partial charge on any atom is -0.481 e. The van der Waals surface area contributed by atoms with Crippen LogP contribution in [0.25, 0.3) is 0 Å². The monoisotopic (exact) mass is 225 g/mol. The Bertz CT molecular complexity index is 267. The third-order valence-electron chi connectivity index (χ3n) is 4.50. The van der Waals surface area contributed by atoms with Gasteiger partial charge < -0.3 is 5.11 Å². The molecule has 1 saturated carbocycles. The minimum atomic E-state index is -0.587. The molecule has 2 fully saturated rings. The molecule has 92 valence electrons. The van der Waals surface area contributed by atoms with Gasteiger partial charge in [-0.25, -0.2) is 0 Å². The van der Waals surface area contributed by atoms with E-state index in [9.17, 15) is 9.90 Å². The molecule has 0 aromatic heterocycles. The van der Waals surface area contributed by atoms with Crippen molar-refractivity contribution in [2.45, 2.75) is 70.5 Å². The normalized spacial score (nSPS) is 40.4. The Hall–Kier alpha value is -0.570. The van der Waals surface area contributed by atoms with Crippen molar-refractivity contribution in [1.29, 1.82) is 0 Å². The molecule has 1 aliphatic heterocycles. The average Bonchev–Trinajstić information content (AvgIpc) is 2.82. The quantitative estimate of drug-likeness (QED) is 0.802. The van der Waals surface area contributed by atoms with Gasteiger partial charge in [0, 0.05) is 18.1 Å². The maximum Gasteiger partial charge on any atom is 0.308 e. The summed E-state index contributed by atoms with van der Waals surface area (Å²) < 4.78 is 0. The summed E-state index contributed by atoms with van der Waals surface area (Å²) in [6, 6.07) is 1.51. The van der Waals surface area contributed by atoms with Crippen LogP contribution in [0.2, 0.25) is 0 Å². The van der Waals surface area contributed by atoms with Crippen LogP contribution in [0.1, 0.15) is 52.4 Å². The van der Waals surface area contributed by atoms with Crippen LogP contribution in [0, 0.1) is 5.92 Å². The molecule has 1 heterocycles. The number of carboxylic acid groups (broad SMARTS) is 1. The molecule has 2 aliphatic rings. The lowest BCUT2D eigenvalue weighted by atomic mass is 10.00. The first kappa shape index (κ1) is 11.9.